The molecular formula is C19H24N4O2. The number of rotatable bonds is 3. The summed E-state index contributed by atoms with van der Waals surface area (Å²) in [6.45, 7) is 5.16. The van der Waals surface area contributed by atoms with Crippen molar-refractivity contribution in [3.63, 3.8) is 0 Å². The maximum Gasteiger partial charge on any atom is 0.257 e. The first-order valence-corrected chi connectivity index (χ1v) is 8.63. The number of nitrogens with zero attached hydrogens (tertiary/aromatic N) is 3. The van der Waals surface area contributed by atoms with Gasteiger partial charge in [0, 0.05) is 26.1 Å². The largest absolute Gasteiger partial charge is 0.359 e. The van der Waals surface area contributed by atoms with Gasteiger partial charge in [-0.25, -0.2) is 4.68 Å². The number of aromatic nitrogens is 2. The fourth-order valence-electron chi connectivity index (χ4n) is 3.29. The zero-order chi connectivity index (χ0) is 18.0. The van der Waals surface area contributed by atoms with Crippen LogP contribution < -0.4 is 5.32 Å². The van der Waals surface area contributed by atoms with E-state index in [1.807, 2.05) is 43.0 Å². The average molecular weight is 340 g/mol. The average Bonchev–Trinajstić information content (AvgIpc) is 3.02. The Morgan fingerprint density at radius 1 is 1.12 bits per heavy atom. The van der Waals surface area contributed by atoms with Gasteiger partial charge in [-0.1, -0.05) is 17.7 Å². The van der Waals surface area contributed by atoms with E-state index in [1.54, 1.807) is 17.9 Å². The van der Waals surface area contributed by atoms with Gasteiger partial charge in [-0.05, 0) is 38.8 Å². The van der Waals surface area contributed by atoms with Gasteiger partial charge < -0.3 is 10.2 Å². The first-order chi connectivity index (χ1) is 12.0. The summed E-state index contributed by atoms with van der Waals surface area (Å²) in [5.74, 6) is 0.0621. The van der Waals surface area contributed by atoms with Crippen molar-refractivity contribution in [2.45, 2.75) is 26.7 Å². The minimum absolute atomic E-state index is 0.00503. The van der Waals surface area contributed by atoms with Crippen LogP contribution in [0.15, 0.2) is 30.5 Å². The lowest BCUT2D eigenvalue weighted by Crippen LogP contribution is -2.42. The number of nitrogens with one attached hydrogen (secondary N) is 1. The quantitative estimate of drug-likeness (QED) is 0.930. The maximum absolute atomic E-state index is 12.8. The number of hydrogen-bond donors (Lipinski definition) is 1. The molecule has 0 unspecified atom stereocenters. The van der Waals surface area contributed by atoms with Gasteiger partial charge in [0.2, 0.25) is 5.91 Å². The van der Waals surface area contributed by atoms with Crippen molar-refractivity contribution < 1.29 is 9.59 Å². The highest BCUT2D eigenvalue weighted by atomic mass is 16.2. The summed E-state index contributed by atoms with van der Waals surface area (Å²) in [7, 11) is 1.66. The molecule has 1 aliphatic rings. The minimum Gasteiger partial charge on any atom is -0.359 e. The minimum atomic E-state index is -0.00813. The lowest BCUT2D eigenvalue weighted by Gasteiger charge is -2.31. The number of piperidine rings is 1. The van der Waals surface area contributed by atoms with Crippen LogP contribution in [0.3, 0.4) is 0 Å². The third-order valence-electron chi connectivity index (χ3n) is 4.92. The van der Waals surface area contributed by atoms with Crippen LogP contribution in [0, 0.1) is 19.8 Å². The molecule has 0 saturated carbocycles. The van der Waals surface area contributed by atoms with Gasteiger partial charge >= 0.3 is 0 Å². The fraction of sp³-hybridized carbons (Fsp3) is 0.421. The molecule has 6 heteroatoms. The molecule has 2 aromatic rings. The third kappa shape index (κ3) is 3.43. The van der Waals surface area contributed by atoms with Crippen molar-refractivity contribution in [3.05, 3.63) is 47.3 Å². The van der Waals surface area contributed by atoms with Crippen molar-refractivity contribution in [1.29, 1.82) is 0 Å². The van der Waals surface area contributed by atoms with E-state index >= 15 is 0 Å². The molecule has 0 bridgehead atoms. The zero-order valence-corrected chi connectivity index (χ0v) is 15.0. The second-order valence-corrected chi connectivity index (χ2v) is 6.57. The highest BCUT2D eigenvalue weighted by molar-refractivity contribution is 5.95. The molecule has 0 spiro atoms. The zero-order valence-electron chi connectivity index (χ0n) is 15.0. The van der Waals surface area contributed by atoms with E-state index in [0.29, 0.717) is 31.5 Å². The van der Waals surface area contributed by atoms with Crippen molar-refractivity contribution in [2.75, 3.05) is 20.1 Å². The molecule has 6 nitrogen and oxygen atoms in total. The molecule has 0 radical (unpaired) electrons. The summed E-state index contributed by atoms with van der Waals surface area (Å²) in [6.07, 6.45) is 3.05. The fourth-order valence-corrected chi connectivity index (χ4v) is 3.29. The van der Waals surface area contributed by atoms with E-state index in [9.17, 15) is 9.59 Å². The number of aryl methyl sites for hydroxylation is 1. The van der Waals surface area contributed by atoms with E-state index in [0.717, 1.165) is 11.4 Å². The van der Waals surface area contributed by atoms with Crippen LogP contribution >= 0.6 is 0 Å². The number of hydrogen-bond acceptors (Lipinski definition) is 3. The smallest absolute Gasteiger partial charge is 0.257 e. The molecule has 1 aliphatic heterocycles. The van der Waals surface area contributed by atoms with Gasteiger partial charge in [-0.2, -0.15) is 5.10 Å². The summed E-state index contributed by atoms with van der Waals surface area (Å²) in [5.41, 5.74) is 3.59. The predicted octanol–water partition coefficient (Wildman–Crippen LogP) is 2.09. The summed E-state index contributed by atoms with van der Waals surface area (Å²) in [6, 6.07) is 8.06. The molecule has 2 amide bonds. The normalized spacial score (nSPS) is 15.2. The Hall–Kier alpha value is -2.63. The second-order valence-electron chi connectivity index (χ2n) is 6.57. The van der Waals surface area contributed by atoms with Crippen LogP contribution in [-0.2, 0) is 4.79 Å². The highest BCUT2D eigenvalue weighted by Crippen LogP contribution is 2.21. The van der Waals surface area contributed by atoms with Gasteiger partial charge in [0.15, 0.2) is 0 Å². The second kappa shape index (κ2) is 7.09. The molecule has 1 aromatic carbocycles. The molecule has 1 N–H and O–H groups in total. The molecular weight excluding hydrogens is 316 g/mol. The van der Waals surface area contributed by atoms with Gasteiger partial charge in [-0.15, -0.1) is 0 Å². The van der Waals surface area contributed by atoms with Gasteiger partial charge in [-0.3, -0.25) is 9.59 Å². The Morgan fingerprint density at radius 3 is 2.36 bits per heavy atom. The van der Waals surface area contributed by atoms with E-state index < -0.39 is 0 Å². The Labute approximate surface area is 147 Å². The summed E-state index contributed by atoms with van der Waals surface area (Å²) in [5, 5.41) is 7.08. The van der Waals surface area contributed by atoms with E-state index in [-0.39, 0.29) is 17.7 Å². The van der Waals surface area contributed by atoms with Crippen molar-refractivity contribution in [3.8, 4) is 5.69 Å². The van der Waals surface area contributed by atoms with E-state index in [1.165, 1.54) is 5.56 Å². The topological polar surface area (TPSA) is 67.2 Å². The Balaban J connectivity index is 1.74. The number of benzene rings is 1. The summed E-state index contributed by atoms with van der Waals surface area (Å²) >= 11 is 0. The Bertz CT molecular complexity index is 771. The van der Waals surface area contributed by atoms with Gasteiger partial charge in [0.25, 0.3) is 5.91 Å². The first kappa shape index (κ1) is 17.2. The lowest BCUT2D eigenvalue weighted by atomic mass is 9.95. The molecule has 0 atom stereocenters. The van der Waals surface area contributed by atoms with Crippen LogP contribution in [-0.4, -0.2) is 46.6 Å². The van der Waals surface area contributed by atoms with Crippen molar-refractivity contribution in [1.82, 2.24) is 20.0 Å². The molecule has 1 saturated heterocycles. The molecule has 132 valence electrons. The van der Waals surface area contributed by atoms with E-state index in [4.69, 9.17) is 0 Å². The van der Waals surface area contributed by atoms with Gasteiger partial charge in [0.05, 0.1) is 23.1 Å². The van der Waals surface area contributed by atoms with Crippen LogP contribution in [0.25, 0.3) is 5.69 Å². The molecule has 3 rings (SSSR count). The maximum atomic E-state index is 12.8. The Kier molecular flexibility index (Phi) is 4.88. The molecule has 1 aromatic heterocycles. The van der Waals surface area contributed by atoms with Crippen molar-refractivity contribution in [2.24, 2.45) is 5.92 Å². The van der Waals surface area contributed by atoms with Gasteiger partial charge in [0.1, 0.15) is 0 Å². The lowest BCUT2D eigenvalue weighted by molar-refractivity contribution is -0.125. The molecule has 0 aliphatic carbocycles. The number of carbonyl (C=O) groups excluding carboxylic acids is 2. The SMILES string of the molecule is CNC(=O)C1CCN(C(=O)c2cnn(-c3ccc(C)cc3)c2C)CC1. The third-order valence-corrected chi connectivity index (χ3v) is 4.92. The number of likely N-dealkylation sites (tertiary alicyclic amines) is 1. The van der Waals surface area contributed by atoms with Crippen LogP contribution in [0.4, 0.5) is 0 Å². The van der Waals surface area contributed by atoms with E-state index in [2.05, 4.69) is 10.4 Å². The highest BCUT2D eigenvalue weighted by Gasteiger charge is 2.28. The molecule has 25 heavy (non-hydrogen) atoms. The van der Waals surface area contributed by atoms with Crippen LogP contribution in [0.1, 0.15) is 34.5 Å². The standard InChI is InChI=1S/C19H24N4O2/c1-13-4-6-16(7-5-13)23-14(2)17(12-21-23)19(25)22-10-8-15(9-11-22)18(24)20-3/h4-7,12,15H,8-11H2,1-3H3,(H,20,24). The van der Waals surface area contributed by atoms with Crippen LogP contribution in [0.2, 0.25) is 0 Å². The van der Waals surface area contributed by atoms with Crippen molar-refractivity contribution >= 4 is 11.8 Å². The number of carbonyl (C=O) groups is 2. The summed E-state index contributed by atoms with van der Waals surface area (Å²) < 4.78 is 1.80. The van der Waals surface area contributed by atoms with Crippen LogP contribution in [0.5, 0.6) is 0 Å². The first-order valence-electron chi connectivity index (χ1n) is 8.63. The predicted molar refractivity (Wildman–Crippen MR) is 95.7 cm³/mol. The molecule has 1 fully saturated rings. The molecule has 2 heterocycles. The monoisotopic (exact) mass is 340 g/mol. The number of amides is 2. The Morgan fingerprint density at radius 2 is 1.76 bits per heavy atom. The summed E-state index contributed by atoms with van der Waals surface area (Å²) in [4.78, 5) is 26.4.